The second-order valence-electron chi connectivity index (χ2n) is 6.68. The summed E-state index contributed by atoms with van der Waals surface area (Å²) < 4.78 is 10.3. The molecular weight excluding hydrogens is 288 g/mol. The van der Waals surface area contributed by atoms with Crippen LogP contribution in [-0.4, -0.2) is 47.3 Å². The van der Waals surface area contributed by atoms with E-state index in [9.17, 15) is 9.59 Å². The van der Waals surface area contributed by atoms with Crippen molar-refractivity contribution in [3.8, 4) is 0 Å². The molecule has 22 heavy (non-hydrogen) atoms. The van der Waals surface area contributed by atoms with Gasteiger partial charge in [0, 0.05) is 6.54 Å². The molecule has 8 nitrogen and oxygen atoms in total. The Kier molecular flexibility index (Phi) is 7.31. The maximum atomic E-state index is 12.2. The lowest BCUT2D eigenvalue weighted by atomic mass is 10.2. The average molecular weight is 316 g/mol. The average Bonchev–Trinajstić information content (AvgIpc) is 2.24. The predicted octanol–water partition coefficient (Wildman–Crippen LogP) is 1.82. The molecule has 0 unspecified atom stereocenters. The summed E-state index contributed by atoms with van der Waals surface area (Å²) in [6, 6.07) is 0. The van der Waals surface area contributed by atoms with Gasteiger partial charge in [-0.25, -0.2) is 9.59 Å². The Bertz CT molecular complexity index is 394. The largest absolute Gasteiger partial charge is 0.443 e. The van der Waals surface area contributed by atoms with E-state index < -0.39 is 23.4 Å². The molecule has 128 valence electrons. The van der Waals surface area contributed by atoms with Crippen LogP contribution in [0.5, 0.6) is 0 Å². The van der Waals surface area contributed by atoms with E-state index in [1.165, 1.54) is 0 Å². The Morgan fingerprint density at radius 2 is 1.41 bits per heavy atom. The van der Waals surface area contributed by atoms with E-state index in [0.717, 1.165) is 0 Å². The fourth-order valence-corrected chi connectivity index (χ4v) is 1.23. The van der Waals surface area contributed by atoms with E-state index in [0.29, 0.717) is 24.4 Å². The molecule has 8 heteroatoms. The van der Waals surface area contributed by atoms with Crippen molar-refractivity contribution in [2.45, 2.75) is 59.2 Å². The quantitative estimate of drug-likeness (QED) is 0.465. The fourth-order valence-electron chi connectivity index (χ4n) is 1.23. The SMILES string of the molecule is CC(C)(C)OC(=O)N(C(=O)OC(C)(C)C)C(N)=NCCCN. The van der Waals surface area contributed by atoms with Gasteiger partial charge in [-0.3, -0.25) is 4.99 Å². The Morgan fingerprint density at radius 1 is 1.00 bits per heavy atom. The van der Waals surface area contributed by atoms with E-state index in [1.54, 1.807) is 41.5 Å². The molecule has 2 amide bonds. The third kappa shape index (κ3) is 8.46. The number of guanidine groups is 1. The number of ether oxygens (including phenoxy) is 2. The van der Waals surface area contributed by atoms with Crippen molar-refractivity contribution in [2.24, 2.45) is 16.5 Å². The molecule has 0 aliphatic heterocycles. The second-order valence-corrected chi connectivity index (χ2v) is 6.68. The van der Waals surface area contributed by atoms with Gasteiger partial charge in [0.15, 0.2) is 0 Å². The molecule has 0 aromatic carbocycles. The van der Waals surface area contributed by atoms with E-state index in [-0.39, 0.29) is 5.96 Å². The molecule has 0 aromatic heterocycles. The first kappa shape index (κ1) is 20.2. The molecule has 0 spiro atoms. The highest BCUT2D eigenvalue weighted by Gasteiger charge is 2.33. The zero-order valence-electron chi connectivity index (χ0n) is 14.3. The van der Waals surface area contributed by atoms with E-state index in [2.05, 4.69) is 4.99 Å². The van der Waals surface area contributed by atoms with Gasteiger partial charge in [-0.05, 0) is 54.5 Å². The molecule has 0 saturated carbocycles. The number of amides is 2. The van der Waals surface area contributed by atoms with Crippen LogP contribution in [0.25, 0.3) is 0 Å². The van der Waals surface area contributed by atoms with Crippen LogP contribution >= 0.6 is 0 Å². The number of nitrogens with zero attached hydrogens (tertiary/aromatic N) is 2. The van der Waals surface area contributed by atoms with Crippen molar-refractivity contribution in [3.63, 3.8) is 0 Å². The molecule has 0 aromatic rings. The fraction of sp³-hybridized carbons (Fsp3) is 0.786. The molecule has 0 aliphatic carbocycles. The summed E-state index contributed by atoms with van der Waals surface area (Å²) >= 11 is 0. The molecule has 0 fully saturated rings. The Hall–Kier alpha value is -1.83. The molecule has 0 aliphatic rings. The third-order valence-electron chi connectivity index (χ3n) is 2.02. The van der Waals surface area contributed by atoms with Gasteiger partial charge in [-0.15, -0.1) is 4.90 Å². The molecular formula is C14H28N4O4. The van der Waals surface area contributed by atoms with Crippen molar-refractivity contribution in [1.29, 1.82) is 0 Å². The number of hydrogen-bond donors (Lipinski definition) is 2. The van der Waals surface area contributed by atoms with Crippen LogP contribution in [0.4, 0.5) is 9.59 Å². The first-order chi connectivity index (χ1) is 9.87. The second kappa shape index (κ2) is 7.98. The minimum atomic E-state index is -0.934. The summed E-state index contributed by atoms with van der Waals surface area (Å²) in [5.74, 6) is -0.281. The molecule has 0 heterocycles. The number of aliphatic imine (C=N–C) groups is 1. The van der Waals surface area contributed by atoms with E-state index in [4.69, 9.17) is 20.9 Å². The minimum Gasteiger partial charge on any atom is -0.443 e. The number of nitrogens with two attached hydrogens (primary N) is 2. The van der Waals surface area contributed by atoms with Gasteiger partial charge in [-0.2, -0.15) is 0 Å². The number of rotatable bonds is 3. The smallest absolute Gasteiger partial charge is 0.427 e. The number of imide groups is 1. The Balaban J connectivity index is 5.26. The van der Waals surface area contributed by atoms with Crippen LogP contribution in [-0.2, 0) is 9.47 Å². The molecule has 4 N–H and O–H groups in total. The van der Waals surface area contributed by atoms with Crippen LogP contribution in [0.3, 0.4) is 0 Å². The zero-order chi connectivity index (χ0) is 17.6. The van der Waals surface area contributed by atoms with Gasteiger partial charge in [0.1, 0.15) is 11.2 Å². The van der Waals surface area contributed by atoms with Gasteiger partial charge in [0.2, 0.25) is 5.96 Å². The third-order valence-corrected chi connectivity index (χ3v) is 2.02. The van der Waals surface area contributed by atoms with E-state index in [1.807, 2.05) is 0 Å². The predicted molar refractivity (Wildman–Crippen MR) is 84.5 cm³/mol. The molecule has 0 radical (unpaired) electrons. The number of hydrogen-bond acceptors (Lipinski definition) is 6. The summed E-state index contributed by atoms with van der Waals surface area (Å²) in [5, 5.41) is 0. The summed E-state index contributed by atoms with van der Waals surface area (Å²) in [6.07, 6.45) is -1.29. The minimum absolute atomic E-state index is 0.281. The maximum absolute atomic E-state index is 12.2. The Morgan fingerprint density at radius 3 is 1.73 bits per heavy atom. The van der Waals surface area contributed by atoms with Crippen LogP contribution in [0.2, 0.25) is 0 Å². The molecule has 0 bridgehead atoms. The van der Waals surface area contributed by atoms with Gasteiger partial charge >= 0.3 is 12.2 Å². The normalized spacial score (nSPS) is 12.8. The van der Waals surface area contributed by atoms with Gasteiger partial charge in [0.05, 0.1) is 0 Å². The molecule has 0 saturated heterocycles. The van der Waals surface area contributed by atoms with Crippen molar-refractivity contribution in [3.05, 3.63) is 0 Å². The highest BCUT2D eigenvalue weighted by atomic mass is 16.6. The van der Waals surface area contributed by atoms with E-state index >= 15 is 0 Å². The summed E-state index contributed by atoms with van der Waals surface area (Å²) in [4.78, 5) is 28.9. The maximum Gasteiger partial charge on any atom is 0.427 e. The summed E-state index contributed by atoms with van der Waals surface area (Å²) in [5.41, 5.74) is 9.54. The summed E-state index contributed by atoms with van der Waals surface area (Å²) in [7, 11) is 0. The number of carbonyl (C=O) groups excluding carboxylic acids is 2. The lowest BCUT2D eigenvalue weighted by Gasteiger charge is -2.27. The topological polar surface area (TPSA) is 120 Å². The van der Waals surface area contributed by atoms with Crippen LogP contribution < -0.4 is 11.5 Å². The zero-order valence-corrected chi connectivity index (χ0v) is 14.3. The monoisotopic (exact) mass is 316 g/mol. The highest BCUT2D eigenvalue weighted by Crippen LogP contribution is 2.14. The number of carbonyl (C=O) groups is 2. The van der Waals surface area contributed by atoms with Gasteiger partial charge in [-0.1, -0.05) is 0 Å². The molecule has 0 rings (SSSR count). The lowest BCUT2D eigenvalue weighted by molar-refractivity contribution is 0.0145. The summed E-state index contributed by atoms with van der Waals surface area (Å²) in [6.45, 7) is 10.8. The van der Waals surface area contributed by atoms with Crippen LogP contribution in [0.15, 0.2) is 4.99 Å². The van der Waals surface area contributed by atoms with Crippen molar-refractivity contribution in [1.82, 2.24) is 4.90 Å². The highest BCUT2D eigenvalue weighted by molar-refractivity contribution is 6.07. The van der Waals surface area contributed by atoms with Gasteiger partial charge in [0.25, 0.3) is 0 Å². The first-order valence-electron chi connectivity index (χ1n) is 7.13. The van der Waals surface area contributed by atoms with Crippen molar-refractivity contribution < 1.29 is 19.1 Å². The lowest BCUT2D eigenvalue weighted by Crippen LogP contribution is -2.50. The van der Waals surface area contributed by atoms with Gasteiger partial charge < -0.3 is 20.9 Å². The standard InChI is InChI=1S/C14H28N4O4/c1-13(2,3)21-11(19)18(10(16)17-9-7-8-15)12(20)22-14(4,5)6/h7-9,15H2,1-6H3,(H2,16,17). The van der Waals surface area contributed by atoms with Crippen molar-refractivity contribution in [2.75, 3.05) is 13.1 Å². The van der Waals surface area contributed by atoms with Crippen molar-refractivity contribution >= 4 is 18.1 Å². The van der Waals surface area contributed by atoms with Crippen LogP contribution in [0.1, 0.15) is 48.0 Å². The Labute approximate surface area is 131 Å². The molecule has 0 atom stereocenters. The first-order valence-corrected chi connectivity index (χ1v) is 7.13. The van der Waals surface area contributed by atoms with Crippen LogP contribution in [0, 0.1) is 0 Å².